The van der Waals surface area contributed by atoms with Gasteiger partial charge >= 0.3 is 0 Å². The molecule has 0 aromatic rings. The number of nitrogens with zero attached hydrogens (tertiary/aromatic N) is 1. The smallest absolute Gasteiger partial charge is 0.265 e. The van der Waals surface area contributed by atoms with Crippen molar-refractivity contribution in [2.75, 3.05) is 39.5 Å². The third kappa shape index (κ3) is 21.8. The van der Waals surface area contributed by atoms with Crippen molar-refractivity contribution in [1.82, 2.24) is 0 Å². The molecule has 0 amide bonds. The van der Waals surface area contributed by atoms with E-state index in [1.54, 1.807) is 0 Å². The van der Waals surface area contributed by atoms with Gasteiger partial charge in [0, 0.05) is 6.42 Å². The highest BCUT2D eigenvalue weighted by Crippen LogP contribution is 2.30. The van der Waals surface area contributed by atoms with Crippen molar-refractivity contribution in [2.45, 2.75) is 130 Å². The molecule has 6 nitrogen and oxygen atoms in total. The van der Waals surface area contributed by atoms with Crippen LogP contribution in [-0.4, -0.2) is 73.3 Å². The van der Waals surface area contributed by atoms with Crippen molar-refractivity contribution in [3.05, 3.63) is 0 Å². The normalized spacial score (nSPS) is 16.1. The topological polar surface area (TPSA) is 94.8 Å². The lowest BCUT2D eigenvalue weighted by molar-refractivity contribution is -0.890. The van der Waals surface area contributed by atoms with Crippen molar-refractivity contribution in [1.29, 1.82) is 0 Å². The Morgan fingerprint density at radius 2 is 1.39 bits per heavy atom. The fourth-order valence-electron chi connectivity index (χ4n) is 5.42. The summed E-state index contributed by atoms with van der Waals surface area (Å²) in [6.45, 7) is 8.67. The lowest BCUT2D eigenvalue weighted by Crippen LogP contribution is -2.41. The van der Waals surface area contributed by atoms with Crippen molar-refractivity contribution >= 4 is 10.1 Å². The summed E-state index contributed by atoms with van der Waals surface area (Å²) in [7, 11) is 0.446. The molecule has 218 valence electrons. The van der Waals surface area contributed by atoms with Gasteiger partial charge in [-0.25, -0.2) is 0 Å². The van der Waals surface area contributed by atoms with Crippen LogP contribution in [0.2, 0.25) is 0 Å². The number of hydrogen-bond donors (Lipinski definition) is 3. The summed E-state index contributed by atoms with van der Waals surface area (Å²) >= 11 is 0. The van der Waals surface area contributed by atoms with Gasteiger partial charge in [0.2, 0.25) is 0 Å². The van der Waals surface area contributed by atoms with Gasteiger partial charge in [0.1, 0.15) is 0 Å². The maximum Gasteiger partial charge on any atom is 0.265 e. The van der Waals surface area contributed by atoms with Gasteiger partial charge in [0.05, 0.1) is 45.6 Å². The molecule has 7 heteroatoms. The van der Waals surface area contributed by atoms with Crippen LogP contribution in [0, 0.1) is 17.8 Å². The summed E-state index contributed by atoms with van der Waals surface area (Å²) in [5.74, 6) is 2.18. The zero-order valence-corrected chi connectivity index (χ0v) is 25.3. The fourth-order valence-corrected chi connectivity index (χ4v) is 5.91. The Bertz CT molecular complexity index is 611. The number of quaternary nitrogens is 1. The highest BCUT2D eigenvalue weighted by molar-refractivity contribution is 7.85. The lowest BCUT2D eigenvalue weighted by atomic mass is 9.82. The van der Waals surface area contributed by atoms with Gasteiger partial charge in [-0.1, -0.05) is 91.4 Å². The largest absolute Gasteiger partial charge is 0.394 e. The fraction of sp³-hybridized carbons (Fsp3) is 1.00. The molecule has 3 N–H and O–H groups in total. The molecule has 4 unspecified atom stereocenters. The summed E-state index contributed by atoms with van der Waals surface area (Å²) in [5, 5.41) is 18.6. The standard InChI is InChI=1S/C29H61NO5S/c1-6-8-10-17-28(20-19-26(3)15-13-18-29(32)25-31)24-27(7-2)16-11-9-12-21-30(4,5)22-14-23-36(33,34)35/h26-29,31-32H,6-25H2,1-5H3/p+1. The molecular formula is C29H62NO5S+. The van der Waals surface area contributed by atoms with Crippen molar-refractivity contribution in [3.63, 3.8) is 0 Å². The van der Waals surface area contributed by atoms with E-state index in [2.05, 4.69) is 34.9 Å². The number of unbranched alkanes of at least 4 members (excludes halogenated alkanes) is 4. The minimum Gasteiger partial charge on any atom is -0.394 e. The zero-order valence-electron chi connectivity index (χ0n) is 24.5. The summed E-state index contributed by atoms with van der Waals surface area (Å²) in [4.78, 5) is 0. The van der Waals surface area contributed by atoms with E-state index in [1.807, 2.05) is 0 Å². The third-order valence-corrected chi connectivity index (χ3v) is 8.82. The molecule has 0 spiro atoms. The molecule has 0 aliphatic carbocycles. The van der Waals surface area contributed by atoms with E-state index in [1.165, 1.54) is 70.6 Å². The van der Waals surface area contributed by atoms with Crippen LogP contribution < -0.4 is 0 Å². The van der Waals surface area contributed by atoms with E-state index in [0.29, 0.717) is 18.8 Å². The van der Waals surface area contributed by atoms with Gasteiger partial charge in [-0.3, -0.25) is 4.55 Å². The summed E-state index contributed by atoms with van der Waals surface area (Å²) < 4.78 is 31.6. The molecule has 0 bridgehead atoms. The van der Waals surface area contributed by atoms with E-state index >= 15 is 0 Å². The first-order valence-electron chi connectivity index (χ1n) is 15.0. The molecule has 0 aromatic carbocycles. The van der Waals surface area contributed by atoms with Crippen LogP contribution in [0.1, 0.15) is 124 Å². The Labute approximate surface area is 224 Å². The molecular weight excluding hydrogens is 474 g/mol. The first-order valence-corrected chi connectivity index (χ1v) is 16.6. The van der Waals surface area contributed by atoms with Gasteiger partial charge in [-0.2, -0.15) is 8.42 Å². The van der Waals surface area contributed by atoms with Gasteiger partial charge in [-0.05, 0) is 43.4 Å². The second kappa shape index (κ2) is 20.7. The maximum absolute atomic E-state index is 10.9. The van der Waals surface area contributed by atoms with Gasteiger partial charge in [-0.15, -0.1) is 0 Å². The van der Waals surface area contributed by atoms with Crippen LogP contribution in [0.4, 0.5) is 0 Å². The lowest BCUT2D eigenvalue weighted by Gasteiger charge is -2.30. The molecule has 0 aromatic heterocycles. The Balaban J connectivity index is 4.39. The van der Waals surface area contributed by atoms with Crippen molar-refractivity contribution in [2.24, 2.45) is 17.8 Å². The molecule has 0 saturated carbocycles. The first-order chi connectivity index (χ1) is 16.9. The summed E-state index contributed by atoms with van der Waals surface area (Å²) in [6.07, 6.45) is 18.3. The summed E-state index contributed by atoms with van der Waals surface area (Å²) in [6, 6.07) is 0. The van der Waals surface area contributed by atoms with Crippen LogP contribution in [0.5, 0.6) is 0 Å². The Morgan fingerprint density at radius 1 is 0.750 bits per heavy atom. The Morgan fingerprint density at radius 3 is 2.00 bits per heavy atom. The Kier molecular flexibility index (Phi) is 20.6. The molecule has 0 rings (SSSR count). The number of hydrogen-bond acceptors (Lipinski definition) is 4. The van der Waals surface area contributed by atoms with Crippen LogP contribution in [-0.2, 0) is 10.1 Å². The quantitative estimate of drug-likeness (QED) is 0.0708. The second-order valence-electron chi connectivity index (χ2n) is 12.2. The molecule has 0 aliphatic rings. The highest BCUT2D eigenvalue weighted by Gasteiger charge is 2.18. The molecule has 0 heterocycles. The van der Waals surface area contributed by atoms with Crippen LogP contribution in [0.25, 0.3) is 0 Å². The van der Waals surface area contributed by atoms with Crippen molar-refractivity contribution in [3.8, 4) is 0 Å². The van der Waals surface area contributed by atoms with Crippen LogP contribution >= 0.6 is 0 Å². The first kappa shape index (κ1) is 35.8. The van der Waals surface area contributed by atoms with E-state index < -0.39 is 16.2 Å². The molecule has 36 heavy (non-hydrogen) atoms. The van der Waals surface area contributed by atoms with Crippen LogP contribution in [0.3, 0.4) is 0 Å². The molecule has 0 aliphatic heterocycles. The number of rotatable bonds is 25. The zero-order chi connectivity index (χ0) is 27.5. The minimum absolute atomic E-state index is 0.125. The molecule has 0 radical (unpaired) electrons. The van der Waals surface area contributed by atoms with Crippen molar-refractivity contribution < 1.29 is 27.7 Å². The molecule has 0 saturated heterocycles. The Hall–Kier alpha value is -0.210. The maximum atomic E-state index is 10.9. The molecule has 0 fully saturated rings. The predicted molar refractivity (Wildman–Crippen MR) is 153 cm³/mol. The second-order valence-corrected chi connectivity index (χ2v) is 13.8. The van der Waals surface area contributed by atoms with E-state index in [-0.39, 0.29) is 12.4 Å². The number of aliphatic hydroxyl groups is 2. The van der Waals surface area contributed by atoms with E-state index in [0.717, 1.165) is 48.7 Å². The molecule has 4 atom stereocenters. The minimum atomic E-state index is -3.85. The van der Waals surface area contributed by atoms with Gasteiger partial charge < -0.3 is 14.7 Å². The third-order valence-electron chi connectivity index (χ3n) is 8.01. The summed E-state index contributed by atoms with van der Waals surface area (Å²) in [5.41, 5.74) is 0. The average molecular weight is 537 g/mol. The van der Waals surface area contributed by atoms with E-state index in [4.69, 9.17) is 9.66 Å². The van der Waals surface area contributed by atoms with Gasteiger partial charge in [0.15, 0.2) is 0 Å². The SMILES string of the molecule is CCCCCC(CCC(C)CCCC(O)CO)CC(CC)CCCCC[N+](C)(C)CCCS(=O)(=O)O. The van der Waals surface area contributed by atoms with Gasteiger partial charge in [0.25, 0.3) is 10.1 Å². The van der Waals surface area contributed by atoms with E-state index in [9.17, 15) is 13.5 Å². The highest BCUT2D eigenvalue weighted by atomic mass is 32.2. The monoisotopic (exact) mass is 536 g/mol. The average Bonchev–Trinajstić information content (AvgIpc) is 2.80. The van der Waals surface area contributed by atoms with Crippen LogP contribution in [0.15, 0.2) is 0 Å². The number of aliphatic hydroxyl groups excluding tert-OH is 2. The predicted octanol–water partition coefficient (Wildman–Crippen LogP) is 6.45.